The van der Waals surface area contributed by atoms with Crippen LogP contribution in [0.4, 0.5) is 0 Å². The standard InChI is InChI=1S/C12H11NO/c1-8-4-3-5-10(6-8)11-7-9(2)12(14)13-11/h3-7H,1-2H3. The van der Waals surface area contributed by atoms with Crippen LogP contribution in [0, 0.1) is 6.92 Å². The largest absolute Gasteiger partial charge is 0.273 e. The third kappa shape index (κ3) is 1.51. The first-order chi connectivity index (χ1) is 6.66. The van der Waals surface area contributed by atoms with Gasteiger partial charge in [0.1, 0.15) is 0 Å². The Morgan fingerprint density at radius 1 is 1.21 bits per heavy atom. The van der Waals surface area contributed by atoms with Crippen LogP contribution in [0.15, 0.2) is 40.9 Å². The molecule has 0 aromatic heterocycles. The van der Waals surface area contributed by atoms with E-state index in [1.807, 2.05) is 37.3 Å². The van der Waals surface area contributed by atoms with Crippen LogP contribution in [0.1, 0.15) is 18.1 Å². The van der Waals surface area contributed by atoms with E-state index < -0.39 is 0 Å². The number of aryl methyl sites for hydroxylation is 1. The second-order valence-corrected chi connectivity index (χ2v) is 3.50. The van der Waals surface area contributed by atoms with Crippen molar-refractivity contribution in [2.24, 2.45) is 4.99 Å². The number of amides is 1. The summed E-state index contributed by atoms with van der Waals surface area (Å²) < 4.78 is 0. The minimum Gasteiger partial charge on any atom is -0.267 e. The second kappa shape index (κ2) is 3.22. The minimum atomic E-state index is -0.124. The highest BCUT2D eigenvalue weighted by molar-refractivity contribution is 6.22. The van der Waals surface area contributed by atoms with Gasteiger partial charge >= 0.3 is 0 Å². The van der Waals surface area contributed by atoms with Crippen LogP contribution >= 0.6 is 0 Å². The maximum absolute atomic E-state index is 11.2. The van der Waals surface area contributed by atoms with Crippen LogP contribution < -0.4 is 0 Å². The van der Waals surface area contributed by atoms with Gasteiger partial charge in [0.2, 0.25) is 0 Å². The maximum Gasteiger partial charge on any atom is 0.273 e. The Balaban J connectivity index is 2.43. The molecule has 1 aliphatic rings. The predicted octanol–water partition coefficient (Wildman–Crippen LogP) is 2.27. The third-order valence-electron chi connectivity index (χ3n) is 2.23. The fraction of sp³-hybridized carbons (Fsp3) is 0.167. The van der Waals surface area contributed by atoms with E-state index in [4.69, 9.17) is 0 Å². The maximum atomic E-state index is 11.2. The van der Waals surface area contributed by atoms with E-state index in [0.717, 1.165) is 11.3 Å². The molecule has 1 heterocycles. The Bertz CT molecular complexity index is 455. The molecule has 1 aliphatic heterocycles. The molecule has 1 aromatic carbocycles. The van der Waals surface area contributed by atoms with E-state index in [0.29, 0.717) is 5.57 Å². The first kappa shape index (κ1) is 8.88. The van der Waals surface area contributed by atoms with Gasteiger partial charge in [0.25, 0.3) is 5.91 Å². The number of aliphatic imine (C=N–C) groups is 1. The summed E-state index contributed by atoms with van der Waals surface area (Å²) in [6.45, 7) is 3.81. The Hall–Kier alpha value is -1.70. The van der Waals surface area contributed by atoms with E-state index >= 15 is 0 Å². The monoisotopic (exact) mass is 185 g/mol. The number of nitrogens with zero attached hydrogens (tertiary/aromatic N) is 1. The summed E-state index contributed by atoms with van der Waals surface area (Å²) in [7, 11) is 0. The van der Waals surface area contributed by atoms with Crippen molar-refractivity contribution >= 4 is 11.6 Å². The SMILES string of the molecule is CC1=CC(c2cccc(C)c2)=NC1=O. The van der Waals surface area contributed by atoms with E-state index in [9.17, 15) is 4.79 Å². The number of carbonyl (C=O) groups excluding carboxylic acids is 1. The number of carbonyl (C=O) groups is 1. The molecule has 1 amide bonds. The number of hydrogen-bond donors (Lipinski definition) is 0. The molecule has 0 atom stereocenters. The smallest absolute Gasteiger partial charge is 0.267 e. The lowest BCUT2D eigenvalue weighted by Crippen LogP contribution is -1.94. The highest BCUT2D eigenvalue weighted by Crippen LogP contribution is 2.14. The lowest BCUT2D eigenvalue weighted by atomic mass is 10.1. The topological polar surface area (TPSA) is 29.4 Å². The van der Waals surface area contributed by atoms with Crippen molar-refractivity contribution in [3.63, 3.8) is 0 Å². The summed E-state index contributed by atoms with van der Waals surface area (Å²) in [5.41, 5.74) is 3.67. The zero-order valence-electron chi connectivity index (χ0n) is 8.24. The average Bonchev–Trinajstić information content (AvgIpc) is 2.47. The van der Waals surface area contributed by atoms with Crippen molar-refractivity contribution in [3.8, 4) is 0 Å². The van der Waals surface area contributed by atoms with Crippen LogP contribution in [0.2, 0.25) is 0 Å². The second-order valence-electron chi connectivity index (χ2n) is 3.50. The Morgan fingerprint density at radius 3 is 2.57 bits per heavy atom. The van der Waals surface area contributed by atoms with Gasteiger partial charge in [0, 0.05) is 11.1 Å². The van der Waals surface area contributed by atoms with E-state index in [1.165, 1.54) is 5.56 Å². The fourth-order valence-electron chi connectivity index (χ4n) is 1.45. The van der Waals surface area contributed by atoms with Gasteiger partial charge in [-0.15, -0.1) is 0 Å². The molecular weight excluding hydrogens is 174 g/mol. The van der Waals surface area contributed by atoms with E-state index in [1.54, 1.807) is 6.92 Å². The summed E-state index contributed by atoms with van der Waals surface area (Å²) in [6.07, 6.45) is 1.83. The highest BCUT2D eigenvalue weighted by atomic mass is 16.1. The number of allylic oxidation sites excluding steroid dienone is 1. The molecule has 0 saturated heterocycles. The summed E-state index contributed by atoms with van der Waals surface area (Å²) >= 11 is 0. The fourth-order valence-corrected chi connectivity index (χ4v) is 1.45. The van der Waals surface area contributed by atoms with Crippen molar-refractivity contribution in [1.82, 2.24) is 0 Å². The van der Waals surface area contributed by atoms with Crippen LogP contribution in [-0.2, 0) is 4.79 Å². The van der Waals surface area contributed by atoms with E-state index in [-0.39, 0.29) is 5.91 Å². The van der Waals surface area contributed by atoms with Crippen molar-refractivity contribution in [2.75, 3.05) is 0 Å². The zero-order valence-corrected chi connectivity index (χ0v) is 8.24. The summed E-state index contributed by atoms with van der Waals surface area (Å²) in [5, 5.41) is 0. The zero-order chi connectivity index (χ0) is 10.1. The van der Waals surface area contributed by atoms with Gasteiger partial charge in [-0.3, -0.25) is 4.79 Å². The summed E-state index contributed by atoms with van der Waals surface area (Å²) in [5.74, 6) is -0.124. The van der Waals surface area contributed by atoms with Gasteiger partial charge < -0.3 is 0 Å². The van der Waals surface area contributed by atoms with E-state index in [2.05, 4.69) is 4.99 Å². The first-order valence-electron chi connectivity index (χ1n) is 4.55. The van der Waals surface area contributed by atoms with Crippen LogP contribution in [0.5, 0.6) is 0 Å². The average molecular weight is 185 g/mol. The van der Waals surface area contributed by atoms with Crippen LogP contribution in [0.3, 0.4) is 0 Å². The van der Waals surface area contributed by atoms with Gasteiger partial charge in [-0.25, -0.2) is 4.99 Å². The van der Waals surface area contributed by atoms with Crippen molar-refractivity contribution in [3.05, 3.63) is 47.0 Å². The molecule has 70 valence electrons. The summed E-state index contributed by atoms with van der Waals surface area (Å²) in [4.78, 5) is 15.2. The van der Waals surface area contributed by atoms with Gasteiger partial charge in [-0.2, -0.15) is 0 Å². The first-order valence-corrected chi connectivity index (χ1v) is 4.55. The summed E-state index contributed by atoms with van der Waals surface area (Å²) in [6, 6.07) is 7.99. The Morgan fingerprint density at radius 2 is 2.00 bits per heavy atom. The molecule has 2 nitrogen and oxygen atoms in total. The van der Waals surface area contributed by atoms with Crippen LogP contribution in [-0.4, -0.2) is 11.6 Å². The number of hydrogen-bond acceptors (Lipinski definition) is 1. The Labute approximate surface area is 83.0 Å². The molecule has 0 bridgehead atoms. The lowest BCUT2D eigenvalue weighted by molar-refractivity contribution is -0.114. The molecule has 1 aromatic rings. The molecule has 14 heavy (non-hydrogen) atoms. The molecule has 0 fully saturated rings. The molecule has 0 aliphatic carbocycles. The molecule has 0 spiro atoms. The third-order valence-corrected chi connectivity index (χ3v) is 2.23. The highest BCUT2D eigenvalue weighted by Gasteiger charge is 2.14. The molecule has 0 radical (unpaired) electrons. The molecule has 2 heteroatoms. The minimum absolute atomic E-state index is 0.124. The number of rotatable bonds is 1. The van der Waals surface area contributed by atoms with Crippen molar-refractivity contribution < 1.29 is 4.79 Å². The van der Waals surface area contributed by atoms with Crippen molar-refractivity contribution in [2.45, 2.75) is 13.8 Å². The number of benzene rings is 1. The Kier molecular flexibility index (Phi) is 2.04. The molecular formula is C12H11NO. The normalized spacial score (nSPS) is 15.4. The molecule has 0 N–H and O–H groups in total. The van der Waals surface area contributed by atoms with Gasteiger partial charge in [0.05, 0.1) is 5.71 Å². The van der Waals surface area contributed by atoms with Gasteiger partial charge in [-0.1, -0.05) is 23.8 Å². The molecule has 2 rings (SSSR count). The quantitative estimate of drug-likeness (QED) is 0.660. The van der Waals surface area contributed by atoms with Crippen LogP contribution in [0.25, 0.3) is 0 Å². The lowest BCUT2D eigenvalue weighted by Gasteiger charge is -1.98. The van der Waals surface area contributed by atoms with Gasteiger partial charge in [-0.05, 0) is 26.0 Å². The van der Waals surface area contributed by atoms with Crippen molar-refractivity contribution in [1.29, 1.82) is 0 Å². The van der Waals surface area contributed by atoms with Gasteiger partial charge in [0.15, 0.2) is 0 Å². The molecule has 0 unspecified atom stereocenters. The molecule has 0 saturated carbocycles. The predicted molar refractivity (Wildman–Crippen MR) is 56.5 cm³/mol.